The molecule has 0 unspecified atom stereocenters. The van der Waals surface area contributed by atoms with Gasteiger partial charge in [-0.05, 0) is 41.5 Å². The lowest BCUT2D eigenvalue weighted by Gasteiger charge is -2.05. The van der Waals surface area contributed by atoms with Crippen molar-refractivity contribution >= 4 is 32.7 Å². The van der Waals surface area contributed by atoms with Gasteiger partial charge in [0.1, 0.15) is 23.6 Å². The molecule has 25 heavy (non-hydrogen) atoms. The molecule has 2 nitrogen and oxygen atoms in total. The SMILES string of the molecule is Cc1ccccc1-c1c2c(cc[n+]1C)oc1cc3ccccc3cc12. The first kappa shape index (κ1) is 14.2. The topological polar surface area (TPSA) is 17.0 Å². The van der Waals surface area contributed by atoms with E-state index in [1.54, 1.807) is 0 Å². The van der Waals surface area contributed by atoms with Gasteiger partial charge in [-0.15, -0.1) is 0 Å². The second kappa shape index (κ2) is 5.18. The summed E-state index contributed by atoms with van der Waals surface area (Å²) in [4.78, 5) is 0. The summed E-state index contributed by atoms with van der Waals surface area (Å²) in [6, 6.07) is 23.4. The lowest BCUT2D eigenvalue weighted by Crippen LogP contribution is -2.30. The van der Waals surface area contributed by atoms with E-state index in [1.807, 2.05) is 0 Å². The van der Waals surface area contributed by atoms with Crippen LogP contribution in [0.25, 0.3) is 44.0 Å². The summed E-state index contributed by atoms with van der Waals surface area (Å²) in [5.74, 6) is 0. The van der Waals surface area contributed by atoms with Crippen molar-refractivity contribution in [3.63, 3.8) is 0 Å². The molecule has 0 saturated carbocycles. The Labute approximate surface area is 145 Å². The van der Waals surface area contributed by atoms with Gasteiger partial charge in [-0.1, -0.05) is 42.5 Å². The lowest BCUT2D eigenvalue weighted by molar-refractivity contribution is -0.659. The van der Waals surface area contributed by atoms with Crippen LogP contribution in [0.5, 0.6) is 0 Å². The van der Waals surface area contributed by atoms with Gasteiger partial charge in [0.05, 0.1) is 0 Å². The van der Waals surface area contributed by atoms with Crippen molar-refractivity contribution in [3.8, 4) is 11.3 Å². The molecule has 0 spiro atoms. The van der Waals surface area contributed by atoms with E-state index in [-0.39, 0.29) is 0 Å². The summed E-state index contributed by atoms with van der Waals surface area (Å²) < 4.78 is 8.39. The number of nitrogens with zero attached hydrogens (tertiary/aromatic N) is 1. The van der Waals surface area contributed by atoms with Gasteiger partial charge in [-0.25, -0.2) is 4.57 Å². The smallest absolute Gasteiger partial charge is 0.224 e. The normalized spacial score (nSPS) is 11.6. The number of fused-ring (bicyclic) bond motifs is 4. The number of rotatable bonds is 1. The monoisotopic (exact) mass is 324 g/mol. The molecule has 0 aliphatic heterocycles. The van der Waals surface area contributed by atoms with Gasteiger partial charge >= 0.3 is 0 Å². The fourth-order valence-corrected chi connectivity index (χ4v) is 3.76. The summed E-state index contributed by atoms with van der Waals surface area (Å²) in [7, 11) is 2.10. The number of hydrogen-bond donors (Lipinski definition) is 0. The van der Waals surface area contributed by atoms with Crippen LogP contribution < -0.4 is 4.57 Å². The van der Waals surface area contributed by atoms with Crippen molar-refractivity contribution in [2.45, 2.75) is 6.92 Å². The summed E-state index contributed by atoms with van der Waals surface area (Å²) in [5, 5.41) is 4.79. The zero-order valence-electron chi connectivity index (χ0n) is 14.3. The van der Waals surface area contributed by atoms with Crippen LogP contribution in [-0.2, 0) is 7.05 Å². The highest BCUT2D eigenvalue weighted by Crippen LogP contribution is 2.37. The molecule has 5 rings (SSSR count). The van der Waals surface area contributed by atoms with E-state index >= 15 is 0 Å². The van der Waals surface area contributed by atoms with E-state index in [9.17, 15) is 0 Å². The largest absolute Gasteiger partial charge is 0.456 e. The van der Waals surface area contributed by atoms with Crippen LogP contribution in [0, 0.1) is 6.92 Å². The number of hydrogen-bond acceptors (Lipinski definition) is 1. The quantitative estimate of drug-likeness (QED) is 0.370. The van der Waals surface area contributed by atoms with Crippen molar-refractivity contribution in [1.82, 2.24) is 0 Å². The molecule has 0 aliphatic rings. The molecule has 2 aromatic heterocycles. The van der Waals surface area contributed by atoms with Gasteiger partial charge in [0.2, 0.25) is 5.69 Å². The fraction of sp³-hybridized carbons (Fsp3) is 0.0870. The van der Waals surface area contributed by atoms with E-state index in [1.165, 1.54) is 38.4 Å². The second-order valence-corrected chi connectivity index (χ2v) is 6.63. The third-order valence-electron chi connectivity index (χ3n) is 5.02. The van der Waals surface area contributed by atoms with Gasteiger partial charge in [0.15, 0.2) is 6.20 Å². The third kappa shape index (κ3) is 2.07. The Kier molecular flexibility index (Phi) is 2.95. The van der Waals surface area contributed by atoms with Crippen LogP contribution in [0.2, 0.25) is 0 Å². The van der Waals surface area contributed by atoms with Crippen molar-refractivity contribution < 1.29 is 8.98 Å². The minimum Gasteiger partial charge on any atom is -0.456 e. The van der Waals surface area contributed by atoms with Crippen molar-refractivity contribution in [2.24, 2.45) is 7.05 Å². The molecule has 0 saturated heterocycles. The molecule has 0 radical (unpaired) electrons. The van der Waals surface area contributed by atoms with E-state index < -0.39 is 0 Å². The number of pyridine rings is 1. The third-order valence-corrected chi connectivity index (χ3v) is 5.02. The Bertz CT molecular complexity index is 1260. The van der Waals surface area contributed by atoms with Gasteiger partial charge < -0.3 is 4.42 Å². The Hall–Kier alpha value is -3.13. The van der Waals surface area contributed by atoms with Crippen LogP contribution in [0.15, 0.2) is 77.3 Å². The first-order chi connectivity index (χ1) is 12.2. The highest BCUT2D eigenvalue weighted by molar-refractivity contribution is 6.14. The molecule has 0 N–H and O–H groups in total. The van der Waals surface area contributed by atoms with Crippen LogP contribution >= 0.6 is 0 Å². The summed E-state index contributed by atoms with van der Waals surface area (Å²) in [6.07, 6.45) is 2.08. The molecule has 0 fully saturated rings. The second-order valence-electron chi connectivity index (χ2n) is 6.63. The fourth-order valence-electron chi connectivity index (χ4n) is 3.76. The summed E-state index contributed by atoms with van der Waals surface area (Å²) in [6.45, 7) is 2.16. The Morgan fingerprint density at radius 1 is 0.800 bits per heavy atom. The first-order valence-corrected chi connectivity index (χ1v) is 8.52. The molecule has 3 aromatic carbocycles. The highest BCUT2D eigenvalue weighted by atomic mass is 16.3. The van der Waals surface area contributed by atoms with Gasteiger partial charge in [-0.2, -0.15) is 0 Å². The number of furan rings is 1. The van der Waals surface area contributed by atoms with E-state index in [0.29, 0.717) is 0 Å². The van der Waals surface area contributed by atoms with Crippen LogP contribution in [0.1, 0.15) is 5.56 Å². The van der Waals surface area contributed by atoms with E-state index in [4.69, 9.17) is 4.42 Å². The Morgan fingerprint density at radius 3 is 2.32 bits per heavy atom. The predicted molar refractivity (Wildman–Crippen MR) is 103 cm³/mol. The van der Waals surface area contributed by atoms with Gasteiger partial charge in [-0.3, -0.25) is 0 Å². The average molecular weight is 324 g/mol. The highest BCUT2D eigenvalue weighted by Gasteiger charge is 2.22. The standard InChI is InChI=1S/C23H18NO/c1-15-7-3-6-10-18(15)23-22-19-13-16-8-4-5-9-17(16)14-21(19)25-20(22)11-12-24(23)2/h3-14H,1-2H3/q+1. The van der Waals surface area contributed by atoms with Gasteiger partial charge in [0, 0.05) is 17.0 Å². The van der Waals surface area contributed by atoms with E-state index in [0.717, 1.165) is 11.2 Å². The van der Waals surface area contributed by atoms with Crippen molar-refractivity contribution in [2.75, 3.05) is 0 Å². The minimum atomic E-state index is 0.932. The number of benzene rings is 3. The van der Waals surface area contributed by atoms with Crippen LogP contribution in [0.4, 0.5) is 0 Å². The molecule has 2 heteroatoms. The minimum absolute atomic E-state index is 0.932. The molecule has 0 aliphatic carbocycles. The maximum Gasteiger partial charge on any atom is 0.224 e. The summed E-state index contributed by atoms with van der Waals surface area (Å²) in [5.41, 5.74) is 5.58. The maximum atomic E-state index is 6.20. The molecule has 0 bridgehead atoms. The average Bonchev–Trinajstić information content (AvgIpc) is 2.98. The molecule has 2 heterocycles. The van der Waals surface area contributed by atoms with Crippen LogP contribution in [0.3, 0.4) is 0 Å². The Morgan fingerprint density at radius 2 is 1.52 bits per heavy atom. The predicted octanol–water partition coefficient (Wildman–Crippen LogP) is 5.54. The van der Waals surface area contributed by atoms with Gasteiger partial charge in [0.25, 0.3) is 0 Å². The van der Waals surface area contributed by atoms with Crippen LogP contribution in [-0.4, -0.2) is 0 Å². The number of aryl methyl sites for hydroxylation is 2. The molecule has 5 aromatic rings. The summed E-state index contributed by atoms with van der Waals surface area (Å²) >= 11 is 0. The molecule has 0 amide bonds. The van der Waals surface area contributed by atoms with Crippen molar-refractivity contribution in [1.29, 1.82) is 0 Å². The zero-order valence-corrected chi connectivity index (χ0v) is 14.3. The first-order valence-electron chi connectivity index (χ1n) is 8.52. The molecule has 0 atom stereocenters. The molecule has 120 valence electrons. The van der Waals surface area contributed by atoms with Crippen molar-refractivity contribution in [3.05, 3.63) is 78.5 Å². The van der Waals surface area contributed by atoms with E-state index in [2.05, 4.69) is 91.5 Å². The Balaban J connectivity index is 1.99. The number of aromatic nitrogens is 1. The lowest BCUT2D eigenvalue weighted by atomic mass is 9.99. The zero-order chi connectivity index (χ0) is 17.0. The maximum absolute atomic E-state index is 6.20. The molecular weight excluding hydrogens is 306 g/mol. The molecular formula is C23H18NO+.